The number of nitrogens with zero attached hydrogens (tertiary/aromatic N) is 3. The van der Waals surface area contributed by atoms with Crippen LogP contribution in [0.15, 0.2) is 4.99 Å². The number of hydrogen-bond donors (Lipinski definition) is 2. The van der Waals surface area contributed by atoms with Crippen LogP contribution in [0.5, 0.6) is 0 Å². The van der Waals surface area contributed by atoms with Gasteiger partial charge in [-0.25, -0.2) is 4.99 Å². The van der Waals surface area contributed by atoms with Crippen molar-refractivity contribution in [2.75, 3.05) is 53.5 Å². The maximum Gasteiger partial charge on any atom is 0.243 e. The highest BCUT2D eigenvalue weighted by Gasteiger charge is 2.27. The van der Waals surface area contributed by atoms with Crippen molar-refractivity contribution >= 4 is 41.8 Å². The van der Waals surface area contributed by atoms with Gasteiger partial charge in [-0.2, -0.15) is 0 Å². The number of hydrogen-bond acceptors (Lipinski definition) is 4. The first-order chi connectivity index (χ1) is 13.9. The number of guanidine groups is 1. The van der Waals surface area contributed by atoms with Crippen LogP contribution in [-0.4, -0.2) is 87.1 Å². The zero-order chi connectivity index (χ0) is 21.2. The molecule has 0 radical (unpaired) electrons. The molecule has 0 aromatic heterocycles. The molecule has 0 aliphatic carbocycles. The van der Waals surface area contributed by atoms with Crippen molar-refractivity contribution in [1.29, 1.82) is 0 Å². The highest BCUT2D eigenvalue weighted by atomic mass is 127. The fraction of sp³-hybridized carbons (Fsp3) is 0.857. The number of halogens is 1. The van der Waals surface area contributed by atoms with Gasteiger partial charge in [0.05, 0.1) is 6.61 Å². The molecule has 2 aliphatic heterocycles. The van der Waals surface area contributed by atoms with Gasteiger partial charge in [0.15, 0.2) is 5.96 Å². The van der Waals surface area contributed by atoms with E-state index in [4.69, 9.17) is 4.74 Å². The molecule has 9 heteroatoms. The van der Waals surface area contributed by atoms with Crippen molar-refractivity contribution in [3.8, 4) is 0 Å². The number of aliphatic imine (C=N–C) groups is 1. The van der Waals surface area contributed by atoms with Crippen LogP contribution >= 0.6 is 24.0 Å². The smallest absolute Gasteiger partial charge is 0.243 e. The van der Waals surface area contributed by atoms with E-state index in [0.717, 1.165) is 65.0 Å². The molecule has 2 amide bonds. The van der Waals surface area contributed by atoms with Crippen molar-refractivity contribution in [3.05, 3.63) is 0 Å². The van der Waals surface area contributed by atoms with Gasteiger partial charge in [0, 0.05) is 58.2 Å². The predicted molar refractivity (Wildman–Crippen MR) is 130 cm³/mol. The minimum atomic E-state index is -0.0270. The second-order valence-corrected chi connectivity index (χ2v) is 8.32. The molecular formula is C21H40IN5O3. The number of carbonyl (C=O) groups is 2. The number of nitrogens with one attached hydrogen (secondary N) is 2. The van der Waals surface area contributed by atoms with Crippen molar-refractivity contribution in [2.24, 2.45) is 16.8 Å². The number of likely N-dealkylation sites (tertiary alicyclic amines) is 1. The summed E-state index contributed by atoms with van der Waals surface area (Å²) in [5.41, 5.74) is 0. The molecule has 2 rings (SSSR count). The molecule has 1 atom stereocenters. The molecule has 0 aromatic rings. The van der Waals surface area contributed by atoms with Gasteiger partial charge < -0.3 is 25.2 Å². The van der Waals surface area contributed by atoms with Crippen molar-refractivity contribution in [3.63, 3.8) is 0 Å². The first kappa shape index (κ1) is 26.9. The van der Waals surface area contributed by atoms with E-state index in [1.54, 1.807) is 19.0 Å². The van der Waals surface area contributed by atoms with E-state index in [1.165, 1.54) is 0 Å². The Kier molecular flexibility index (Phi) is 12.6. The summed E-state index contributed by atoms with van der Waals surface area (Å²) < 4.78 is 5.44. The highest BCUT2D eigenvalue weighted by molar-refractivity contribution is 14.0. The first-order valence-electron chi connectivity index (χ1n) is 11.1. The van der Waals surface area contributed by atoms with Crippen LogP contribution in [0.2, 0.25) is 0 Å². The zero-order valence-corrected chi connectivity index (χ0v) is 21.3. The Morgan fingerprint density at radius 1 is 1.17 bits per heavy atom. The largest absolute Gasteiger partial charge is 0.381 e. The maximum absolute atomic E-state index is 12.6. The standard InChI is InChI=1S/C21H39N5O3.HI/c1-5-17(6-2)20(28)26-10-7-18(8-11-26)24-21(23-14-19(27)25(3)4)22-13-16-9-12-29-15-16;/h16-18H,5-15H2,1-4H3,(H2,22,23,24);1H. The summed E-state index contributed by atoms with van der Waals surface area (Å²) in [6.45, 7) is 8.20. The topological polar surface area (TPSA) is 86.3 Å². The van der Waals surface area contributed by atoms with Gasteiger partial charge in [-0.1, -0.05) is 13.8 Å². The van der Waals surface area contributed by atoms with Gasteiger partial charge in [0.1, 0.15) is 6.54 Å². The fourth-order valence-corrected chi connectivity index (χ4v) is 3.76. The second-order valence-electron chi connectivity index (χ2n) is 8.32. The SMILES string of the molecule is CCC(CC)C(=O)N1CCC(NC(=NCC(=O)N(C)C)NCC2CCOC2)CC1.I. The van der Waals surface area contributed by atoms with Gasteiger partial charge >= 0.3 is 0 Å². The van der Waals surface area contributed by atoms with Gasteiger partial charge in [-0.3, -0.25) is 9.59 Å². The van der Waals surface area contributed by atoms with Crippen molar-refractivity contribution in [2.45, 2.75) is 52.0 Å². The van der Waals surface area contributed by atoms with E-state index in [9.17, 15) is 9.59 Å². The lowest BCUT2D eigenvalue weighted by atomic mass is 9.98. The normalized spacial score (nSPS) is 20.1. The van der Waals surface area contributed by atoms with Crippen LogP contribution in [0.1, 0.15) is 46.0 Å². The summed E-state index contributed by atoms with van der Waals surface area (Å²) in [5.74, 6) is 1.56. The Morgan fingerprint density at radius 3 is 2.37 bits per heavy atom. The third-order valence-corrected chi connectivity index (χ3v) is 5.94. The number of carbonyl (C=O) groups excluding carboxylic acids is 2. The molecule has 0 bridgehead atoms. The lowest BCUT2D eigenvalue weighted by molar-refractivity contribution is -0.136. The molecule has 0 saturated carbocycles. The Balaban J connectivity index is 0.00000450. The minimum absolute atomic E-state index is 0. The fourth-order valence-electron chi connectivity index (χ4n) is 3.76. The average Bonchev–Trinajstić information content (AvgIpc) is 3.24. The summed E-state index contributed by atoms with van der Waals surface area (Å²) in [7, 11) is 3.47. The molecule has 2 fully saturated rings. The monoisotopic (exact) mass is 537 g/mol. The molecule has 30 heavy (non-hydrogen) atoms. The first-order valence-corrected chi connectivity index (χ1v) is 11.1. The lowest BCUT2D eigenvalue weighted by Gasteiger charge is -2.35. The summed E-state index contributed by atoms with van der Waals surface area (Å²) >= 11 is 0. The van der Waals surface area contributed by atoms with Crippen molar-refractivity contribution < 1.29 is 14.3 Å². The Morgan fingerprint density at radius 2 is 1.83 bits per heavy atom. The van der Waals surface area contributed by atoms with E-state index in [2.05, 4.69) is 29.5 Å². The number of likely N-dealkylation sites (N-methyl/N-ethyl adjacent to an activating group) is 1. The third-order valence-electron chi connectivity index (χ3n) is 5.94. The maximum atomic E-state index is 12.6. The zero-order valence-electron chi connectivity index (χ0n) is 19.0. The van der Waals surface area contributed by atoms with E-state index in [-0.39, 0.29) is 48.4 Å². The molecule has 0 aromatic carbocycles. The molecule has 174 valence electrons. The Hall–Kier alpha value is -1.10. The number of piperidine rings is 1. The van der Waals surface area contributed by atoms with Crippen LogP contribution in [0, 0.1) is 11.8 Å². The molecule has 2 saturated heterocycles. The number of amides is 2. The van der Waals surface area contributed by atoms with E-state index >= 15 is 0 Å². The van der Waals surface area contributed by atoms with Gasteiger partial charge in [0.25, 0.3) is 0 Å². The molecule has 2 N–H and O–H groups in total. The highest BCUT2D eigenvalue weighted by Crippen LogP contribution is 2.17. The second kappa shape index (κ2) is 14.1. The predicted octanol–water partition coefficient (Wildman–Crippen LogP) is 1.69. The average molecular weight is 537 g/mol. The third kappa shape index (κ3) is 8.56. The summed E-state index contributed by atoms with van der Waals surface area (Å²) in [5, 5.41) is 6.86. The van der Waals surface area contributed by atoms with Gasteiger partial charge in [0.2, 0.25) is 11.8 Å². The molecule has 1 unspecified atom stereocenters. The quantitative estimate of drug-likeness (QED) is 0.280. The Labute approximate surface area is 198 Å². The minimum Gasteiger partial charge on any atom is -0.381 e. The van der Waals surface area contributed by atoms with Crippen LogP contribution in [0.3, 0.4) is 0 Å². The Bertz CT molecular complexity index is 555. The van der Waals surface area contributed by atoms with Gasteiger partial charge in [-0.05, 0) is 32.1 Å². The van der Waals surface area contributed by atoms with Crippen molar-refractivity contribution in [1.82, 2.24) is 20.4 Å². The van der Waals surface area contributed by atoms with Crippen LogP contribution in [0.4, 0.5) is 0 Å². The molecule has 8 nitrogen and oxygen atoms in total. The van der Waals surface area contributed by atoms with E-state index < -0.39 is 0 Å². The van der Waals surface area contributed by atoms with E-state index in [0.29, 0.717) is 17.8 Å². The summed E-state index contributed by atoms with van der Waals surface area (Å²) in [6, 6.07) is 0.251. The number of ether oxygens (including phenoxy) is 1. The molecular weight excluding hydrogens is 497 g/mol. The summed E-state index contributed by atoms with van der Waals surface area (Å²) in [4.78, 5) is 32.6. The van der Waals surface area contributed by atoms with Crippen LogP contribution < -0.4 is 10.6 Å². The summed E-state index contributed by atoms with van der Waals surface area (Å²) in [6.07, 6.45) is 4.63. The van der Waals surface area contributed by atoms with E-state index in [1.807, 2.05) is 4.90 Å². The molecule has 0 spiro atoms. The molecule has 2 heterocycles. The van der Waals surface area contributed by atoms with Gasteiger partial charge in [-0.15, -0.1) is 24.0 Å². The molecule has 2 aliphatic rings. The van der Waals surface area contributed by atoms with Crippen LogP contribution in [-0.2, 0) is 14.3 Å². The van der Waals surface area contributed by atoms with Crippen LogP contribution in [0.25, 0.3) is 0 Å². The number of rotatable bonds is 8. The lowest BCUT2D eigenvalue weighted by Crippen LogP contribution is -2.51.